The SMILES string of the molecule is COc1cc2nc(CN(C)Cc3ccc(C)cc3C)[nH]c(=O)c2cc1OC. The molecule has 0 fully saturated rings. The molecule has 142 valence electrons. The Morgan fingerprint density at radius 1 is 1.04 bits per heavy atom. The highest BCUT2D eigenvalue weighted by atomic mass is 16.5. The molecule has 0 radical (unpaired) electrons. The molecule has 0 unspecified atom stereocenters. The van der Waals surface area contributed by atoms with Crippen molar-refractivity contribution in [2.24, 2.45) is 0 Å². The van der Waals surface area contributed by atoms with Gasteiger partial charge in [0.25, 0.3) is 5.56 Å². The monoisotopic (exact) mass is 367 g/mol. The van der Waals surface area contributed by atoms with E-state index < -0.39 is 0 Å². The average molecular weight is 367 g/mol. The minimum Gasteiger partial charge on any atom is -0.493 e. The van der Waals surface area contributed by atoms with Crippen LogP contribution >= 0.6 is 0 Å². The van der Waals surface area contributed by atoms with E-state index in [1.165, 1.54) is 16.7 Å². The Morgan fingerprint density at radius 2 is 1.74 bits per heavy atom. The van der Waals surface area contributed by atoms with Gasteiger partial charge in [-0.25, -0.2) is 4.98 Å². The summed E-state index contributed by atoms with van der Waals surface area (Å²) < 4.78 is 10.6. The maximum Gasteiger partial charge on any atom is 0.258 e. The van der Waals surface area contributed by atoms with Crippen LogP contribution in [0.2, 0.25) is 0 Å². The highest BCUT2D eigenvalue weighted by molar-refractivity contribution is 5.81. The molecule has 3 rings (SSSR count). The third kappa shape index (κ3) is 4.11. The normalized spacial score (nSPS) is 11.2. The number of nitrogens with one attached hydrogen (secondary N) is 1. The number of ether oxygens (including phenoxy) is 2. The molecule has 6 heteroatoms. The third-order valence-electron chi connectivity index (χ3n) is 4.62. The van der Waals surface area contributed by atoms with Crippen molar-refractivity contribution in [1.29, 1.82) is 0 Å². The van der Waals surface area contributed by atoms with Crippen molar-refractivity contribution in [3.63, 3.8) is 0 Å². The highest BCUT2D eigenvalue weighted by Crippen LogP contribution is 2.29. The second-order valence-electron chi connectivity index (χ2n) is 6.84. The molecular formula is C21H25N3O3. The summed E-state index contributed by atoms with van der Waals surface area (Å²) in [5, 5.41) is 0.480. The van der Waals surface area contributed by atoms with E-state index in [4.69, 9.17) is 9.47 Å². The van der Waals surface area contributed by atoms with Crippen molar-refractivity contribution >= 4 is 10.9 Å². The molecule has 0 saturated heterocycles. The maximum atomic E-state index is 12.5. The number of fused-ring (bicyclic) bond motifs is 1. The first kappa shape index (κ1) is 18.9. The summed E-state index contributed by atoms with van der Waals surface area (Å²) in [6.45, 7) is 5.52. The van der Waals surface area contributed by atoms with Gasteiger partial charge in [0.15, 0.2) is 11.5 Å². The number of nitrogens with zero attached hydrogens (tertiary/aromatic N) is 2. The van der Waals surface area contributed by atoms with Gasteiger partial charge in [-0.15, -0.1) is 0 Å². The van der Waals surface area contributed by atoms with Gasteiger partial charge in [-0.1, -0.05) is 23.8 Å². The number of methoxy groups -OCH3 is 2. The maximum absolute atomic E-state index is 12.5. The van der Waals surface area contributed by atoms with E-state index in [-0.39, 0.29) is 5.56 Å². The fourth-order valence-corrected chi connectivity index (χ4v) is 3.21. The Morgan fingerprint density at radius 3 is 2.41 bits per heavy atom. The average Bonchev–Trinajstić information content (AvgIpc) is 2.63. The van der Waals surface area contributed by atoms with Gasteiger partial charge in [-0.05, 0) is 38.1 Å². The van der Waals surface area contributed by atoms with E-state index in [9.17, 15) is 4.79 Å². The molecule has 0 aliphatic rings. The molecule has 0 aliphatic carbocycles. The summed E-state index contributed by atoms with van der Waals surface area (Å²) in [7, 11) is 5.12. The van der Waals surface area contributed by atoms with Crippen LogP contribution in [-0.4, -0.2) is 36.1 Å². The van der Waals surface area contributed by atoms with Gasteiger partial charge in [0.05, 0.1) is 31.7 Å². The minimum absolute atomic E-state index is 0.184. The zero-order valence-corrected chi connectivity index (χ0v) is 16.4. The lowest BCUT2D eigenvalue weighted by molar-refractivity contribution is 0.310. The molecule has 0 saturated carbocycles. The van der Waals surface area contributed by atoms with Crippen LogP contribution in [0.4, 0.5) is 0 Å². The predicted molar refractivity (Wildman–Crippen MR) is 107 cm³/mol. The van der Waals surface area contributed by atoms with Crippen molar-refractivity contribution in [1.82, 2.24) is 14.9 Å². The number of aromatic nitrogens is 2. The topological polar surface area (TPSA) is 67.5 Å². The van der Waals surface area contributed by atoms with Gasteiger partial charge in [0.1, 0.15) is 5.82 Å². The van der Waals surface area contributed by atoms with Gasteiger partial charge in [0, 0.05) is 12.6 Å². The number of aryl methyl sites for hydroxylation is 2. The van der Waals surface area contributed by atoms with E-state index in [1.807, 2.05) is 7.05 Å². The van der Waals surface area contributed by atoms with E-state index in [0.29, 0.717) is 34.8 Å². The Labute approximate surface area is 158 Å². The number of aromatic amines is 1. The van der Waals surface area contributed by atoms with Crippen LogP contribution < -0.4 is 15.0 Å². The summed E-state index contributed by atoms with van der Waals surface area (Å²) in [5.41, 5.74) is 4.18. The van der Waals surface area contributed by atoms with Crippen molar-refractivity contribution < 1.29 is 9.47 Å². The first-order chi connectivity index (χ1) is 12.9. The lowest BCUT2D eigenvalue weighted by atomic mass is 10.1. The van der Waals surface area contributed by atoms with E-state index in [0.717, 1.165) is 6.54 Å². The molecule has 1 heterocycles. The highest BCUT2D eigenvalue weighted by Gasteiger charge is 2.12. The number of benzene rings is 2. The molecule has 0 amide bonds. The van der Waals surface area contributed by atoms with E-state index >= 15 is 0 Å². The fraction of sp³-hybridized carbons (Fsp3) is 0.333. The van der Waals surface area contributed by atoms with Crippen molar-refractivity contribution in [3.8, 4) is 11.5 Å². The summed E-state index contributed by atoms with van der Waals surface area (Å²) in [6.07, 6.45) is 0. The van der Waals surface area contributed by atoms with Gasteiger partial charge >= 0.3 is 0 Å². The Bertz CT molecular complexity index is 1030. The van der Waals surface area contributed by atoms with Crippen LogP contribution in [0.5, 0.6) is 11.5 Å². The van der Waals surface area contributed by atoms with Gasteiger partial charge in [-0.3, -0.25) is 9.69 Å². The first-order valence-electron chi connectivity index (χ1n) is 8.81. The van der Waals surface area contributed by atoms with Crippen LogP contribution in [0.3, 0.4) is 0 Å². The number of H-pyrrole nitrogens is 1. The number of rotatable bonds is 6. The first-order valence-corrected chi connectivity index (χ1v) is 8.81. The van der Waals surface area contributed by atoms with Gasteiger partial charge in [0.2, 0.25) is 0 Å². The van der Waals surface area contributed by atoms with Crippen molar-refractivity contribution in [3.05, 3.63) is 63.2 Å². The third-order valence-corrected chi connectivity index (χ3v) is 4.62. The lowest BCUT2D eigenvalue weighted by Crippen LogP contribution is -2.22. The van der Waals surface area contributed by atoms with Crippen molar-refractivity contribution in [2.45, 2.75) is 26.9 Å². The van der Waals surface area contributed by atoms with E-state index in [1.54, 1.807) is 26.4 Å². The molecule has 2 aromatic carbocycles. The van der Waals surface area contributed by atoms with Crippen LogP contribution in [-0.2, 0) is 13.1 Å². The van der Waals surface area contributed by atoms with Crippen LogP contribution in [0.15, 0.2) is 35.1 Å². The molecular weight excluding hydrogens is 342 g/mol. The van der Waals surface area contributed by atoms with Crippen LogP contribution in [0.25, 0.3) is 10.9 Å². The van der Waals surface area contributed by atoms with Crippen molar-refractivity contribution in [2.75, 3.05) is 21.3 Å². The van der Waals surface area contributed by atoms with Crippen LogP contribution in [0, 0.1) is 13.8 Å². The zero-order chi connectivity index (χ0) is 19.6. The number of hydrogen-bond donors (Lipinski definition) is 1. The van der Waals surface area contributed by atoms with Crippen LogP contribution in [0.1, 0.15) is 22.5 Å². The summed E-state index contributed by atoms with van der Waals surface area (Å²) in [4.78, 5) is 22.1. The summed E-state index contributed by atoms with van der Waals surface area (Å²) >= 11 is 0. The lowest BCUT2D eigenvalue weighted by Gasteiger charge is -2.18. The molecule has 27 heavy (non-hydrogen) atoms. The molecule has 0 spiro atoms. The van der Waals surface area contributed by atoms with E-state index in [2.05, 4.69) is 46.9 Å². The minimum atomic E-state index is -0.184. The molecule has 0 atom stereocenters. The second-order valence-corrected chi connectivity index (χ2v) is 6.84. The molecule has 0 aliphatic heterocycles. The predicted octanol–water partition coefficient (Wildman–Crippen LogP) is 3.19. The second kappa shape index (κ2) is 7.80. The summed E-state index contributed by atoms with van der Waals surface area (Å²) in [6, 6.07) is 9.83. The fourth-order valence-electron chi connectivity index (χ4n) is 3.21. The number of hydrogen-bond acceptors (Lipinski definition) is 5. The van der Waals surface area contributed by atoms with Gasteiger partial charge in [-0.2, -0.15) is 0 Å². The molecule has 1 N–H and O–H groups in total. The molecule has 1 aromatic heterocycles. The molecule has 0 bridgehead atoms. The quantitative estimate of drug-likeness (QED) is 0.725. The zero-order valence-electron chi connectivity index (χ0n) is 16.4. The van der Waals surface area contributed by atoms with Gasteiger partial charge < -0.3 is 14.5 Å². The largest absolute Gasteiger partial charge is 0.493 e. The Hall–Kier alpha value is -2.86. The Kier molecular flexibility index (Phi) is 5.46. The standard InChI is InChI=1S/C21H25N3O3/c1-13-6-7-15(14(2)8-13)11-24(3)12-20-22-17-10-19(27-5)18(26-4)9-16(17)21(25)23-20/h6-10H,11-12H2,1-5H3,(H,22,23,25). The Balaban J connectivity index is 1.87. The smallest absolute Gasteiger partial charge is 0.258 e. The summed E-state index contributed by atoms with van der Waals surface area (Å²) in [5.74, 6) is 1.68. The molecule has 6 nitrogen and oxygen atoms in total. The molecule has 3 aromatic rings.